The summed E-state index contributed by atoms with van der Waals surface area (Å²) < 4.78 is 1.71. The van der Waals surface area contributed by atoms with Gasteiger partial charge in [0.25, 0.3) is 0 Å². The van der Waals surface area contributed by atoms with Crippen molar-refractivity contribution in [2.24, 2.45) is 12.8 Å². The smallest absolute Gasteiger partial charge is 0.153 e. The minimum Gasteiger partial charge on any atom is -0.382 e. The minimum absolute atomic E-state index is 0.554. The first-order valence-corrected chi connectivity index (χ1v) is 4.79. The van der Waals surface area contributed by atoms with Gasteiger partial charge in [-0.2, -0.15) is 5.10 Å². The van der Waals surface area contributed by atoms with Crippen molar-refractivity contribution in [1.29, 1.82) is 0 Å². The number of hydrogen-bond donors (Lipinski definition) is 2. The normalized spacial score (nSPS) is 10.5. The van der Waals surface area contributed by atoms with Crippen molar-refractivity contribution in [3.05, 3.63) is 36.0 Å². The Balaban J connectivity index is 2.41. The first-order valence-electron chi connectivity index (χ1n) is 4.79. The van der Waals surface area contributed by atoms with Gasteiger partial charge in [-0.05, 0) is 11.1 Å². The molecule has 0 unspecified atom stereocenters. The van der Waals surface area contributed by atoms with E-state index in [2.05, 4.69) is 5.10 Å². The fraction of sp³-hybridized carbons (Fsp3) is 0.182. The van der Waals surface area contributed by atoms with Gasteiger partial charge in [0.05, 0.1) is 0 Å². The van der Waals surface area contributed by atoms with E-state index in [4.69, 9.17) is 11.5 Å². The third kappa shape index (κ3) is 1.85. The summed E-state index contributed by atoms with van der Waals surface area (Å²) in [6, 6.07) is 8.02. The van der Waals surface area contributed by atoms with Gasteiger partial charge in [-0.15, -0.1) is 0 Å². The number of rotatable bonds is 2. The number of nitrogen functional groups attached to an aromatic ring is 1. The van der Waals surface area contributed by atoms with Crippen molar-refractivity contribution in [2.75, 3.05) is 5.73 Å². The Hall–Kier alpha value is -1.81. The van der Waals surface area contributed by atoms with Crippen LogP contribution in [0.1, 0.15) is 5.56 Å². The molecule has 4 heteroatoms. The summed E-state index contributed by atoms with van der Waals surface area (Å²) in [7, 11) is 1.86. The summed E-state index contributed by atoms with van der Waals surface area (Å²) >= 11 is 0. The van der Waals surface area contributed by atoms with Gasteiger partial charge in [0, 0.05) is 25.4 Å². The summed E-state index contributed by atoms with van der Waals surface area (Å²) in [4.78, 5) is 0. The molecule has 0 amide bonds. The van der Waals surface area contributed by atoms with Crippen LogP contribution in [0.15, 0.2) is 30.5 Å². The molecule has 0 fully saturated rings. The number of anilines is 1. The maximum absolute atomic E-state index is 5.79. The zero-order valence-corrected chi connectivity index (χ0v) is 8.64. The van der Waals surface area contributed by atoms with Crippen molar-refractivity contribution >= 4 is 5.82 Å². The summed E-state index contributed by atoms with van der Waals surface area (Å²) in [6.07, 6.45) is 1.91. The predicted molar refractivity (Wildman–Crippen MR) is 60.9 cm³/mol. The molecule has 0 spiro atoms. The van der Waals surface area contributed by atoms with Crippen molar-refractivity contribution in [3.8, 4) is 11.1 Å². The SMILES string of the molecule is Cn1cc(-c2ccc(CN)cc2)c(N)n1. The Bertz CT molecular complexity index is 456. The number of benzene rings is 1. The Labute approximate surface area is 88.5 Å². The fourth-order valence-electron chi connectivity index (χ4n) is 1.55. The molecule has 4 N–H and O–H groups in total. The highest BCUT2D eigenvalue weighted by Crippen LogP contribution is 2.24. The second-order valence-corrected chi connectivity index (χ2v) is 3.50. The number of nitrogens with two attached hydrogens (primary N) is 2. The van der Waals surface area contributed by atoms with Crippen LogP contribution in [0.3, 0.4) is 0 Å². The Morgan fingerprint density at radius 3 is 2.40 bits per heavy atom. The minimum atomic E-state index is 0.554. The summed E-state index contributed by atoms with van der Waals surface area (Å²) in [5.41, 5.74) is 14.5. The van der Waals surface area contributed by atoms with E-state index in [1.54, 1.807) is 4.68 Å². The molecule has 0 bridgehead atoms. The molecule has 0 aliphatic rings. The average molecular weight is 202 g/mol. The monoisotopic (exact) mass is 202 g/mol. The standard InChI is InChI=1S/C11H14N4/c1-15-7-10(11(13)14-15)9-4-2-8(6-12)3-5-9/h2-5,7H,6,12H2,1H3,(H2,13,14). The Kier molecular flexibility index (Phi) is 2.43. The maximum Gasteiger partial charge on any atom is 0.153 e. The van der Waals surface area contributed by atoms with E-state index in [0.29, 0.717) is 12.4 Å². The first-order chi connectivity index (χ1) is 7.20. The van der Waals surface area contributed by atoms with Crippen molar-refractivity contribution in [1.82, 2.24) is 9.78 Å². The second-order valence-electron chi connectivity index (χ2n) is 3.50. The summed E-state index contributed by atoms with van der Waals surface area (Å²) in [5.74, 6) is 0.554. The van der Waals surface area contributed by atoms with Crippen LogP contribution in [0.4, 0.5) is 5.82 Å². The van der Waals surface area contributed by atoms with Crippen LogP contribution in [0, 0.1) is 0 Å². The number of hydrogen-bond acceptors (Lipinski definition) is 3. The fourth-order valence-corrected chi connectivity index (χ4v) is 1.55. The van der Waals surface area contributed by atoms with Crippen LogP contribution in [-0.2, 0) is 13.6 Å². The van der Waals surface area contributed by atoms with Crippen molar-refractivity contribution in [2.45, 2.75) is 6.54 Å². The molecular formula is C11H14N4. The molecule has 0 saturated carbocycles. The lowest BCUT2D eigenvalue weighted by Crippen LogP contribution is -1.95. The molecule has 1 aromatic carbocycles. The van der Waals surface area contributed by atoms with Crippen molar-refractivity contribution in [3.63, 3.8) is 0 Å². The molecule has 0 atom stereocenters. The highest BCUT2D eigenvalue weighted by atomic mass is 15.3. The number of aromatic nitrogens is 2. The summed E-state index contributed by atoms with van der Waals surface area (Å²) in [5, 5.41) is 4.10. The van der Waals surface area contributed by atoms with Crippen LogP contribution in [-0.4, -0.2) is 9.78 Å². The molecule has 2 aromatic rings. The van der Waals surface area contributed by atoms with E-state index >= 15 is 0 Å². The van der Waals surface area contributed by atoms with Crippen LogP contribution in [0.5, 0.6) is 0 Å². The van der Waals surface area contributed by atoms with Crippen LogP contribution in [0.2, 0.25) is 0 Å². The van der Waals surface area contributed by atoms with Gasteiger partial charge in [0.15, 0.2) is 5.82 Å². The highest BCUT2D eigenvalue weighted by Gasteiger charge is 2.05. The van der Waals surface area contributed by atoms with Gasteiger partial charge in [-0.3, -0.25) is 4.68 Å². The van der Waals surface area contributed by atoms with Crippen molar-refractivity contribution < 1.29 is 0 Å². The molecule has 1 heterocycles. The van der Waals surface area contributed by atoms with Gasteiger partial charge in [0.1, 0.15) is 0 Å². The van der Waals surface area contributed by atoms with E-state index in [0.717, 1.165) is 16.7 Å². The number of nitrogens with zero attached hydrogens (tertiary/aromatic N) is 2. The summed E-state index contributed by atoms with van der Waals surface area (Å²) in [6.45, 7) is 0.558. The third-order valence-electron chi connectivity index (χ3n) is 2.36. The van der Waals surface area contributed by atoms with Gasteiger partial charge in [-0.1, -0.05) is 24.3 Å². The predicted octanol–water partition coefficient (Wildman–Crippen LogP) is 1.13. The molecule has 0 saturated heterocycles. The van der Waals surface area contributed by atoms with Crippen LogP contribution < -0.4 is 11.5 Å². The number of aryl methyl sites for hydroxylation is 1. The molecule has 15 heavy (non-hydrogen) atoms. The lowest BCUT2D eigenvalue weighted by Gasteiger charge is -2.00. The first kappa shape index (κ1) is 9.73. The van der Waals surface area contributed by atoms with E-state index in [1.807, 2.05) is 37.5 Å². The van der Waals surface area contributed by atoms with Crippen LogP contribution >= 0.6 is 0 Å². The van der Waals surface area contributed by atoms with E-state index < -0.39 is 0 Å². The third-order valence-corrected chi connectivity index (χ3v) is 2.36. The molecule has 1 aromatic heterocycles. The average Bonchev–Trinajstić information content (AvgIpc) is 2.58. The van der Waals surface area contributed by atoms with E-state index in [1.165, 1.54) is 0 Å². The molecule has 0 aliphatic carbocycles. The molecule has 78 valence electrons. The Morgan fingerprint density at radius 1 is 1.27 bits per heavy atom. The van der Waals surface area contributed by atoms with Gasteiger partial charge >= 0.3 is 0 Å². The van der Waals surface area contributed by atoms with Crippen LogP contribution in [0.25, 0.3) is 11.1 Å². The van der Waals surface area contributed by atoms with Gasteiger partial charge < -0.3 is 11.5 Å². The zero-order chi connectivity index (χ0) is 10.8. The Morgan fingerprint density at radius 2 is 1.93 bits per heavy atom. The largest absolute Gasteiger partial charge is 0.382 e. The lowest BCUT2D eigenvalue weighted by atomic mass is 10.1. The second kappa shape index (κ2) is 3.74. The van der Waals surface area contributed by atoms with Gasteiger partial charge in [0.2, 0.25) is 0 Å². The zero-order valence-electron chi connectivity index (χ0n) is 8.64. The van der Waals surface area contributed by atoms with E-state index in [9.17, 15) is 0 Å². The quantitative estimate of drug-likeness (QED) is 0.766. The molecule has 2 rings (SSSR count). The highest BCUT2D eigenvalue weighted by molar-refractivity contribution is 5.73. The topological polar surface area (TPSA) is 69.9 Å². The maximum atomic E-state index is 5.79. The molecule has 0 aliphatic heterocycles. The van der Waals surface area contributed by atoms with Gasteiger partial charge in [-0.25, -0.2) is 0 Å². The molecule has 0 radical (unpaired) electrons. The molecular weight excluding hydrogens is 188 g/mol. The molecule has 4 nitrogen and oxygen atoms in total. The van der Waals surface area contributed by atoms with E-state index in [-0.39, 0.29) is 0 Å². The lowest BCUT2D eigenvalue weighted by molar-refractivity contribution is 0.772.